The quantitative estimate of drug-likeness (QED) is 0.220. The number of rotatable bonds is 11. The molecule has 1 saturated heterocycles. The van der Waals surface area contributed by atoms with E-state index in [9.17, 15) is 8.78 Å². The zero-order valence-corrected chi connectivity index (χ0v) is 23.0. The monoisotopic (exact) mass is 557 g/mol. The highest BCUT2D eigenvalue weighted by Gasteiger charge is 2.22. The van der Waals surface area contributed by atoms with Gasteiger partial charge in [0.05, 0.1) is 18.3 Å². The van der Waals surface area contributed by atoms with Crippen LogP contribution in [0.4, 0.5) is 23.4 Å². The minimum atomic E-state index is -2.30. The lowest BCUT2D eigenvalue weighted by atomic mass is 9.91. The number of nitrogens with zero attached hydrogens (tertiary/aromatic N) is 6. The number of fused-ring (bicyclic) bond motifs is 1. The Morgan fingerprint density at radius 1 is 1.23 bits per heavy atom. The number of benzene rings is 1. The summed E-state index contributed by atoms with van der Waals surface area (Å²) < 4.78 is 57.1. The van der Waals surface area contributed by atoms with Crippen molar-refractivity contribution in [3.63, 3.8) is 0 Å². The Morgan fingerprint density at radius 3 is 2.60 bits per heavy atom. The van der Waals surface area contributed by atoms with Gasteiger partial charge in [0.1, 0.15) is 29.5 Å². The number of likely N-dealkylation sites (tertiary alicyclic amines) is 1. The van der Waals surface area contributed by atoms with Gasteiger partial charge in [-0.25, -0.2) is 27.5 Å². The van der Waals surface area contributed by atoms with Crippen molar-refractivity contribution in [1.29, 1.82) is 0 Å². The summed E-state index contributed by atoms with van der Waals surface area (Å²) in [6.45, 7) is 10.3. The van der Waals surface area contributed by atoms with Crippen LogP contribution >= 0.6 is 0 Å². The SMILES string of the molecule is C=N/C=C(F)\C(=N/CNc1ccc(CC2CCN(CC(F)F)CC2)cn1)c1cc(F)c2nc(C)n(C(C)C)c2c1. The third kappa shape index (κ3) is 7.12. The van der Waals surface area contributed by atoms with Crippen LogP contribution in [0, 0.1) is 18.7 Å². The third-order valence-corrected chi connectivity index (χ3v) is 7.10. The van der Waals surface area contributed by atoms with Crippen LogP contribution in [0.1, 0.15) is 49.7 Å². The van der Waals surface area contributed by atoms with Crippen LogP contribution in [0.2, 0.25) is 0 Å². The summed E-state index contributed by atoms with van der Waals surface area (Å²) in [5.41, 5.74) is 2.04. The number of anilines is 1. The minimum absolute atomic E-state index is 0.00912. The smallest absolute Gasteiger partial charge is 0.251 e. The van der Waals surface area contributed by atoms with Crippen molar-refractivity contribution in [2.45, 2.75) is 52.5 Å². The van der Waals surface area contributed by atoms with Crippen LogP contribution < -0.4 is 5.32 Å². The molecule has 1 N–H and O–H groups in total. The highest BCUT2D eigenvalue weighted by atomic mass is 19.3. The molecule has 0 radical (unpaired) electrons. The summed E-state index contributed by atoms with van der Waals surface area (Å²) >= 11 is 0. The van der Waals surface area contributed by atoms with Crippen LogP contribution in [0.25, 0.3) is 11.0 Å². The number of aliphatic imine (C=N–C) groups is 2. The first kappa shape index (κ1) is 29.4. The van der Waals surface area contributed by atoms with Crippen LogP contribution in [0.5, 0.6) is 0 Å². The lowest BCUT2D eigenvalue weighted by Crippen LogP contribution is -2.37. The first-order valence-corrected chi connectivity index (χ1v) is 13.4. The molecule has 3 aromatic rings. The van der Waals surface area contributed by atoms with E-state index in [0.29, 0.717) is 36.2 Å². The van der Waals surface area contributed by atoms with Gasteiger partial charge < -0.3 is 9.88 Å². The number of halogens is 4. The predicted molar refractivity (Wildman–Crippen MR) is 152 cm³/mol. The van der Waals surface area contributed by atoms with E-state index in [-0.39, 0.29) is 36.0 Å². The van der Waals surface area contributed by atoms with Gasteiger partial charge in [0.2, 0.25) is 0 Å². The average Bonchev–Trinajstić information content (AvgIpc) is 3.25. The second kappa shape index (κ2) is 13.2. The standard InChI is InChI=1S/C29H35F4N7/c1-18(2)40-19(3)38-29-23(30)12-22(13-25(29)40)28(24(31)15-34-4)37-17-36-27-6-5-21(14-35-27)11-20-7-9-39(10-8-20)16-26(32)33/h5-6,12-15,18,20,26H,4,7-11,16-17H2,1-3H3,(H,35,36)/b24-15+,37-28-. The largest absolute Gasteiger partial charge is 0.351 e. The topological polar surface area (TPSA) is 70.7 Å². The zero-order valence-electron chi connectivity index (χ0n) is 23.0. The average molecular weight is 558 g/mol. The predicted octanol–water partition coefficient (Wildman–Crippen LogP) is 6.35. The maximum atomic E-state index is 15.0. The van der Waals surface area contributed by atoms with Gasteiger partial charge in [-0.3, -0.25) is 14.9 Å². The van der Waals surface area contributed by atoms with Crippen molar-refractivity contribution < 1.29 is 17.6 Å². The molecule has 7 nitrogen and oxygen atoms in total. The highest BCUT2D eigenvalue weighted by molar-refractivity contribution is 6.12. The number of hydrogen-bond acceptors (Lipinski definition) is 6. The summed E-state index contributed by atoms with van der Waals surface area (Å²) in [5, 5.41) is 3.05. The molecule has 1 aliphatic heterocycles. The Balaban J connectivity index is 1.45. The van der Waals surface area contributed by atoms with Crippen molar-refractivity contribution in [1.82, 2.24) is 19.4 Å². The fourth-order valence-corrected chi connectivity index (χ4v) is 5.25. The van der Waals surface area contributed by atoms with Crippen LogP contribution in [-0.2, 0) is 6.42 Å². The van der Waals surface area contributed by atoms with Crippen molar-refractivity contribution in [3.05, 3.63) is 65.3 Å². The molecule has 3 heterocycles. The van der Waals surface area contributed by atoms with E-state index in [0.717, 1.165) is 31.0 Å². The van der Waals surface area contributed by atoms with Crippen molar-refractivity contribution in [3.8, 4) is 0 Å². The fraction of sp³-hybridized carbons (Fsp3) is 0.448. The first-order chi connectivity index (χ1) is 19.2. The molecule has 1 fully saturated rings. The molecule has 2 aromatic heterocycles. The Bertz CT molecular complexity index is 1370. The Kier molecular flexibility index (Phi) is 9.67. The lowest BCUT2D eigenvalue weighted by Gasteiger charge is -2.31. The second-order valence-corrected chi connectivity index (χ2v) is 10.3. The number of imidazole rings is 1. The van der Waals surface area contributed by atoms with E-state index in [2.05, 4.69) is 32.0 Å². The maximum absolute atomic E-state index is 15.0. The molecule has 0 aliphatic carbocycles. The summed E-state index contributed by atoms with van der Waals surface area (Å²) in [7, 11) is 0. The normalized spacial score (nSPS) is 15.9. The van der Waals surface area contributed by atoms with Gasteiger partial charge >= 0.3 is 0 Å². The van der Waals surface area contributed by atoms with E-state index in [4.69, 9.17) is 0 Å². The molecular weight excluding hydrogens is 522 g/mol. The first-order valence-electron chi connectivity index (χ1n) is 13.4. The number of hydrogen-bond donors (Lipinski definition) is 1. The molecule has 0 saturated carbocycles. The highest BCUT2D eigenvalue weighted by Crippen LogP contribution is 2.27. The van der Waals surface area contributed by atoms with Gasteiger partial charge in [-0.1, -0.05) is 6.07 Å². The number of piperidine rings is 1. The van der Waals surface area contributed by atoms with E-state index in [1.807, 2.05) is 35.4 Å². The molecule has 4 rings (SSSR count). The molecular formula is C29H35F4N7. The molecule has 0 bridgehead atoms. The van der Waals surface area contributed by atoms with Gasteiger partial charge in [-0.2, -0.15) is 0 Å². The molecule has 11 heteroatoms. The summed E-state index contributed by atoms with van der Waals surface area (Å²) in [6.07, 6.45) is 3.02. The van der Waals surface area contributed by atoms with Crippen LogP contribution in [0.3, 0.4) is 0 Å². The Labute approximate surface area is 231 Å². The van der Waals surface area contributed by atoms with Gasteiger partial charge in [0, 0.05) is 17.8 Å². The summed E-state index contributed by atoms with van der Waals surface area (Å²) in [5.74, 6) is 0.345. The Hall–Kier alpha value is -3.60. The van der Waals surface area contributed by atoms with Crippen LogP contribution in [0.15, 0.2) is 52.5 Å². The molecule has 214 valence electrons. The summed E-state index contributed by atoms with van der Waals surface area (Å²) in [6, 6.07) is 6.72. The molecule has 0 atom stereocenters. The molecule has 1 aromatic carbocycles. The number of aryl methyl sites for hydroxylation is 1. The van der Waals surface area contributed by atoms with Crippen molar-refractivity contribution >= 4 is 29.3 Å². The van der Waals surface area contributed by atoms with E-state index >= 15 is 8.78 Å². The van der Waals surface area contributed by atoms with Gasteiger partial charge in [-0.05, 0) is 89.5 Å². The van der Waals surface area contributed by atoms with E-state index < -0.39 is 18.1 Å². The number of allylic oxidation sites excluding steroid dienone is 1. The Morgan fingerprint density at radius 2 is 1.98 bits per heavy atom. The number of nitrogens with one attached hydrogen (secondary N) is 1. The summed E-state index contributed by atoms with van der Waals surface area (Å²) in [4.78, 5) is 18.5. The number of pyridine rings is 1. The van der Waals surface area contributed by atoms with Crippen molar-refractivity contribution in [2.75, 3.05) is 31.6 Å². The maximum Gasteiger partial charge on any atom is 0.251 e. The van der Waals surface area contributed by atoms with Gasteiger partial charge in [0.15, 0.2) is 11.6 Å². The number of aromatic nitrogens is 3. The second-order valence-electron chi connectivity index (χ2n) is 10.3. The van der Waals surface area contributed by atoms with E-state index in [1.165, 1.54) is 6.07 Å². The molecule has 0 spiro atoms. The molecule has 0 amide bonds. The van der Waals surface area contributed by atoms with Crippen molar-refractivity contribution in [2.24, 2.45) is 15.9 Å². The van der Waals surface area contributed by atoms with E-state index in [1.54, 1.807) is 19.2 Å². The zero-order chi connectivity index (χ0) is 28.8. The lowest BCUT2D eigenvalue weighted by molar-refractivity contribution is 0.0691. The third-order valence-electron chi connectivity index (χ3n) is 7.10. The minimum Gasteiger partial charge on any atom is -0.351 e. The molecule has 40 heavy (non-hydrogen) atoms. The van der Waals surface area contributed by atoms with Gasteiger partial charge in [0.25, 0.3) is 6.43 Å². The molecule has 0 unspecified atom stereocenters. The van der Waals surface area contributed by atoms with Crippen LogP contribution in [-0.4, -0.2) is 64.6 Å². The molecule has 1 aliphatic rings. The van der Waals surface area contributed by atoms with Gasteiger partial charge in [-0.15, -0.1) is 0 Å². The fourth-order valence-electron chi connectivity index (χ4n) is 5.25. The number of alkyl halides is 2.